The predicted octanol–water partition coefficient (Wildman–Crippen LogP) is 4.20. The minimum Gasteiger partial charge on any atom is -0.351 e. The summed E-state index contributed by atoms with van der Waals surface area (Å²) in [5, 5.41) is 12.2. The van der Waals surface area contributed by atoms with Gasteiger partial charge in [0.05, 0.1) is 17.8 Å². The molecule has 0 amide bonds. The molecule has 7 nitrogen and oxygen atoms in total. The highest BCUT2D eigenvalue weighted by molar-refractivity contribution is 7.80. The van der Waals surface area contributed by atoms with Crippen LogP contribution in [0.3, 0.4) is 0 Å². The molecule has 2 atom stereocenters. The SMILES string of the molecule is Cc1ccc(N2C(=S)N[C@@H](c3ccccn3)[C@@H]2c2cc(C)n(-n3cnnc3)c2C)cc1C. The van der Waals surface area contributed by atoms with Crippen LogP contribution in [0.5, 0.6) is 0 Å². The van der Waals surface area contributed by atoms with Gasteiger partial charge in [-0.1, -0.05) is 12.1 Å². The molecule has 1 aliphatic heterocycles. The lowest BCUT2D eigenvalue weighted by atomic mass is 9.96. The number of aryl methyl sites for hydroxylation is 3. The Morgan fingerprint density at radius 2 is 1.72 bits per heavy atom. The average molecular weight is 444 g/mol. The number of aromatic nitrogens is 5. The Morgan fingerprint density at radius 1 is 0.938 bits per heavy atom. The van der Waals surface area contributed by atoms with E-state index < -0.39 is 0 Å². The van der Waals surface area contributed by atoms with Gasteiger partial charge >= 0.3 is 0 Å². The number of hydrogen-bond acceptors (Lipinski definition) is 4. The summed E-state index contributed by atoms with van der Waals surface area (Å²) in [6, 6.07) is 14.6. The molecule has 4 heterocycles. The first kappa shape index (κ1) is 20.4. The van der Waals surface area contributed by atoms with E-state index in [0.29, 0.717) is 5.11 Å². The maximum absolute atomic E-state index is 5.87. The first-order chi connectivity index (χ1) is 15.5. The van der Waals surface area contributed by atoms with Crippen molar-refractivity contribution < 1.29 is 0 Å². The van der Waals surface area contributed by atoms with E-state index >= 15 is 0 Å². The fraction of sp³-hybridized carbons (Fsp3) is 0.250. The molecular formula is C24H25N7S. The number of rotatable bonds is 4. The van der Waals surface area contributed by atoms with Gasteiger partial charge in [-0.2, -0.15) is 0 Å². The van der Waals surface area contributed by atoms with Crippen LogP contribution in [0.2, 0.25) is 0 Å². The zero-order chi connectivity index (χ0) is 22.4. The number of nitrogens with one attached hydrogen (secondary N) is 1. The lowest BCUT2D eigenvalue weighted by Crippen LogP contribution is -2.29. The smallest absolute Gasteiger partial charge is 0.174 e. The van der Waals surface area contributed by atoms with Crippen molar-refractivity contribution in [1.29, 1.82) is 0 Å². The molecule has 0 unspecified atom stereocenters. The third-order valence-electron chi connectivity index (χ3n) is 6.26. The molecule has 32 heavy (non-hydrogen) atoms. The Bertz CT molecular complexity index is 1280. The summed E-state index contributed by atoms with van der Waals surface area (Å²) in [4.78, 5) is 6.88. The van der Waals surface area contributed by atoms with Gasteiger partial charge in [0.15, 0.2) is 5.11 Å². The molecule has 0 radical (unpaired) electrons. The van der Waals surface area contributed by atoms with Crippen LogP contribution in [0.4, 0.5) is 5.69 Å². The predicted molar refractivity (Wildman–Crippen MR) is 129 cm³/mol. The molecule has 1 saturated heterocycles. The van der Waals surface area contributed by atoms with E-state index in [0.717, 1.165) is 22.8 Å². The molecule has 1 fully saturated rings. The van der Waals surface area contributed by atoms with Crippen molar-refractivity contribution in [3.8, 4) is 0 Å². The van der Waals surface area contributed by atoms with E-state index in [1.807, 2.05) is 23.0 Å². The third-order valence-corrected chi connectivity index (χ3v) is 6.57. The molecule has 1 aromatic carbocycles. The van der Waals surface area contributed by atoms with E-state index in [9.17, 15) is 0 Å². The first-order valence-corrected chi connectivity index (χ1v) is 11.0. The Hall–Kier alpha value is -3.52. The summed E-state index contributed by atoms with van der Waals surface area (Å²) in [6.07, 6.45) is 5.24. The van der Waals surface area contributed by atoms with E-state index in [1.54, 1.807) is 12.7 Å². The van der Waals surface area contributed by atoms with Crippen LogP contribution in [0.1, 0.15) is 45.9 Å². The molecule has 0 saturated carbocycles. The minimum absolute atomic E-state index is 0.0593. The van der Waals surface area contributed by atoms with Crippen molar-refractivity contribution in [2.75, 3.05) is 4.90 Å². The van der Waals surface area contributed by atoms with Gasteiger partial charge in [0.1, 0.15) is 12.7 Å². The van der Waals surface area contributed by atoms with Crippen molar-refractivity contribution >= 4 is 23.0 Å². The maximum atomic E-state index is 5.87. The van der Waals surface area contributed by atoms with Gasteiger partial charge in [-0.05, 0) is 81.4 Å². The Balaban J connectivity index is 1.69. The van der Waals surface area contributed by atoms with Crippen LogP contribution in [-0.2, 0) is 0 Å². The molecule has 0 spiro atoms. The number of anilines is 1. The van der Waals surface area contributed by atoms with Gasteiger partial charge in [-0.25, -0.2) is 4.68 Å². The van der Waals surface area contributed by atoms with Gasteiger partial charge in [-0.15, -0.1) is 10.2 Å². The largest absolute Gasteiger partial charge is 0.351 e. The maximum Gasteiger partial charge on any atom is 0.174 e. The normalized spacial score (nSPS) is 18.2. The molecular weight excluding hydrogens is 418 g/mol. The molecule has 0 aliphatic carbocycles. The van der Waals surface area contributed by atoms with Crippen molar-refractivity contribution in [2.45, 2.75) is 39.8 Å². The zero-order valence-corrected chi connectivity index (χ0v) is 19.3. The van der Waals surface area contributed by atoms with Gasteiger partial charge in [-0.3, -0.25) is 9.66 Å². The zero-order valence-electron chi connectivity index (χ0n) is 18.5. The fourth-order valence-electron chi connectivity index (χ4n) is 4.56. The second kappa shape index (κ2) is 7.87. The van der Waals surface area contributed by atoms with E-state index in [2.05, 4.69) is 88.1 Å². The van der Waals surface area contributed by atoms with Gasteiger partial charge in [0, 0.05) is 28.8 Å². The third kappa shape index (κ3) is 3.27. The van der Waals surface area contributed by atoms with Crippen LogP contribution in [0.25, 0.3) is 0 Å². The first-order valence-electron chi connectivity index (χ1n) is 10.6. The van der Waals surface area contributed by atoms with Crippen molar-refractivity contribution in [3.05, 3.63) is 95.1 Å². The van der Waals surface area contributed by atoms with Gasteiger partial charge in [0.25, 0.3) is 0 Å². The highest BCUT2D eigenvalue weighted by Gasteiger charge is 2.42. The van der Waals surface area contributed by atoms with Crippen molar-refractivity contribution in [3.63, 3.8) is 0 Å². The number of hydrogen-bond donors (Lipinski definition) is 1. The lowest BCUT2D eigenvalue weighted by molar-refractivity contribution is 0.557. The summed E-state index contributed by atoms with van der Waals surface area (Å²) < 4.78 is 4.01. The number of nitrogens with zero attached hydrogens (tertiary/aromatic N) is 6. The van der Waals surface area contributed by atoms with Crippen LogP contribution < -0.4 is 10.2 Å². The number of pyridine rings is 1. The summed E-state index contributed by atoms with van der Waals surface area (Å²) in [7, 11) is 0. The summed E-state index contributed by atoms with van der Waals surface area (Å²) >= 11 is 5.87. The van der Waals surface area contributed by atoms with Crippen LogP contribution in [-0.4, -0.2) is 29.6 Å². The quantitative estimate of drug-likeness (QED) is 0.477. The molecule has 0 bridgehead atoms. The highest BCUT2D eigenvalue weighted by atomic mass is 32.1. The van der Waals surface area contributed by atoms with Gasteiger partial charge in [0.2, 0.25) is 0 Å². The second-order valence-corrected chi connectivity index (χ2v) is 8.63. The molecule has 3 aromatic heterocycles. The topological polar surface area (TPSA) is 63.8 Å². The van der Waals surface area contributed by atoms with Gasteiger partial charge < -0.3 is 10.2 Å². The molecule has 5 rings (SSSR count). The molecule has 4 aromatic rings. The van der Waals surface area contributed by atoms with Crippen LogP contribution in [0.15, 0.2) is 61.3 Å². The number of benzene rings is 1. The summed E-state index contributed by atoms with van der Waals surface area (Å²) in [6.45, 7) is 8.47. The second-order valence-electron chi connectivity index (χ2n) is 8.25. The monoisotopic (exact) mass is 443 g/mol. The standard InChI is InChI=1S/C24H25N7S/c1-15-8-9-19(11-16(15)2)30-23(22(28-24(30)32)21-7-5-6-10-25-21)20-12-17(3)31(18(20)4)29-13-26-27-14-29/h5-14,22-23H,1-4H3,(H,28,32)/t22-,23-/m0/s1. The summed E-state index contributed by atoms with van der Waals surface area (Å²) in [5.74, 6) is 0. The fourth-order valence-corrected chi connectivity index (χ4v) is 4.90. The Kier molecular flexibility index (Phi) is 5.01. The Labute approximate surface area is 192 Å². The van der Waals surface area contributed by atoms with E-state index in [-0.39, 0.29) is 12.1 Å². The van der Waals surface area contributed by atoms with Crippen molar-refractivity contribution in [2.24, 2.45) is 0 Å². The highest BCUT2D eigenvalue weighted by Crippen LogP contribution is 2.43. The Morgan fingerprint density at radius 3 is 2.41 bits per heavy atom. The molecule has 8 heteroatoms. The summed E-state index contributed by atoms with van der Waals surface area (Å²) in [5.41, 5.74) is 7.90. The average Bonchev–Trinajstić information content (AvgIpc) is 3.49. The van der Waals surface area contributed by atoms with E-state index in [1.165, 1.54) is 16.7 Å². The molecule has 1 aliphatic rings. The van der Waals surface area contributed by atoms with E-state index in [4.69, 9.17) is 12.2 Å². The van der Waals surface area contributed by atoms with Crippen LogP contribution in [0, 0.1) is 27.7 Å². The number of thiocarbonyl (C=S) groups is 1. The minimum atomic E-state index is -0.0832. The molecule has 1 N–H and O–H groups in total. The van der Waals surface area contributed by atoms with Crippen LogP contribution >= 0.6 is 12.2 Å². The lowest BCUT2D eigenvalue weighted by Gasteiger charge is -2.28. The molecule has 162 valence electrons. The van der Waals surface area contributed by atoms with Crippen molar-refractivity contribution in [1.82, 2.24) is 29.9 Å².